The number of nitrogens with one attached hydrogen (secondary N) is 1. The summed E-state index contributed by atoms with van der Waals surface area (Å²) >= 11 is 9.15. The molecule has 7 nitrogen and oxygen atoms in total. The highest BCUT2D eigenvalue weighted by molar-refractivity contribution is 9.10. The van der Waals surface area contributed by atoms with E-state index in [1.165, 1.54) is 18.3 Å². The molecule has 3 rings (SSSR count). The second kappa shape index (κ2) is 7.54. The highest BCUT2D eigenvalue weighted by Gasteiger charge is 2.11. The predicted octanol–water partition coefficient (Wildman–Crippen LogP) is 3.41. The van der Waals surface area contributed by atoms with Crippen molar-refractivity contribution in [3.8, 4) is 5.75 Å². The number of amides is 1. The zero-order valence-corrected chi connectivity index (χ0v) is 15.0. The summed E-state index contributed by atoms with van der Waals surface area (Å²) < 4.78 is 8.00. The number of phenols is 1. The van der Waals surface area contributed by atoms with Gasteiger partial charge in [-0.05, 0) is 46.3 Å². The van der Waals surface area contributed by atoms with Gasteiger partial charge in [0.15, 0.2) is 5.76 Å². The molecule has 0 aliphatic rings. The number of nitrogens with zero attached hydrogens (tertiary/aromatic N) is 3. The van der Waals surface area contributed by atoms with E-state index < -0.39 is 5.91 Å². The van der Waals surface area contributed by atoms with E-state index >= 15 is 0 Å². The fourth-order valence-electron chi connectivity index (χ4n) is 2.01. The first-order valence-electron chi connectivity index (χ1n) is 7.10. The van der Waals surface area contributed by atoms with E-state index in [1.807, 2.05) is 0 Å². The summed E-state index contributed by atoms with van der Waals surface area (Å²) in [5, 5.41) is 18.0. The normalized spacial score (nSPS) is 11.1. The van der Waals surface area contributed by atoms with Gasteiger partial charge >= 0.3 is 5.91 Å². The molecule has 3 aromatic rings. The van der Waals surface area contributed by atoms with E-state index in [2.05, 4.69) is 31.6 Å². The zero-order chi connectivity index (χ0) is 17.8. The van der Waals surface area contributed by atoms with E-state index in [1.54, 1.807) is 35.3 Å². The van der Waals surface area contributed by atoms with Crippen LogP contribution in [-0.4, -0.2) is 27.0 Å². The Kier molecular flexibility index (Phi) is 5.20. The van der Waals surface area contributed by atoms with Crippen LogP contribution in [0.5, 0.6) is 5.75 Å². The lowest BCUT2D eigenvalue weighted by atomic mass is 10.2. The largest absolute Gasteiger partial charge is 0.507 e. The number of aromatic nitrogens is 2. The molecular weight excluding hydrogens is 412 g/mol. The van der Waals surface area contributed by atoms with Crippen molar-refractivity contribution >= 4 is 39.7 Å². The van der Waals surface area contributed by atoms with Gasteiger partial charge in [0.2, 0.25) is 0 Å². The quantitative estimate of drug-likeness (QED) is 0.486. The van der Waals surface area contributed by atoms with E-state index in [9.17, 15) is 9.90 Å². The highest BCUT2D eigenvalue weighted by Crippen LogP contribution is 2.19. The van der Waals surface area contributed by atoms with Crippen LogP contribution in [0.25, 0.3) is 0 Å². The van der Waals surface area contributed by atoms with Crippen LogP contribution in [0.2, 0.25) is 5.02 Å². The van der Waals surface area contributed by atoms with Crippen molar-refractivity contribution in [2.24, 2.45) is 5.10 Å². The van der Waals surface area contributed by atoms with Gasteiger partial charge in [0, 0.05) is 16.8 Å². The second-order valence-electron chi connectivity index (χ2n) is 5.02. The third-order valence-corrected chi connectivity index (χ3v) is 3.81. The molecule has 2 aromatic heterocycles. The topological polar surface area (TPSA) is 92.7 Å². The lowest BCUT2D eigenvalue weighted by molar-refractivity contribution is 0.0925. The maximum absolute atomic E-state index is 12.0. The van der Waals surface area contributed by atoms with Gasteiger partial charge in [0.25, 0.3) is 0 Å². The minimum atomic E-state index is -0.509. The number of carbonyl (C=O) groups excluding carboxylic acids is 1. The maximum atomic E-state index is 12.0. The number of aromatic hydroxyl groups is 1. The molecule has 9 heteroatoms. The Morgan fingerprint density at radius 3 is 3.04 bits per heavy atom. The molecule has 0 atom stereocenters. The van der Waals surface area contributed by atoms with Crippen molar-refractivity contribution in [2.45, 2.75) is 6.54 Å². The van der Waals surface area contributed by atoms with Crippen LogP contribution in [0.3, 0.4) is 0 Å². The van der Waals surface area contributed by atoms with Gasteiger partial charge in [-0.1, -0.05) is 11.6 Å². The molecule has 0 aliphatic carbocycles. The van der Waals surface area contributed by atoms with Crippen molar-refractivity contribution in [1.29, 1.82) is 0 Å². The van der Waals surface area contributed by atoms with Crippen LogP contribution in [0.4, 0.5) is 0 Å². The average Bonchev–Trinajstić information content (AvgIpc) is 3.20. The van der Waals surface area contributed by atoms with Gasteiger partial charge in [-0.3, -0.25) is 9.48 Å². The molecule has 25 heavy (non-hydrogen) atoms. The van der Waals surface area contributed by atoms with Crippen LogP contribution in [0.1, 0.15) is 21.9 Å². The molecular formula is C16H12BrClN4O3. The lowest BCUT2D eigenvalue weighted by Gasteiger charge is -2.00. The molecule has 0 radical (unpaired) electrons. The van der Waals surface area contributed by atoms with Gasteiger partial charge < -0.3 is 9.52 Å². The first kappa shape index (κ1) is 17.2. The fourth-order valence-corrected chi connectivity index (χ4v) is 2.52. The Morgan fingerprint density at radius 2 is 2.28 bits per heavy atom. The van der Waals surface area contributed by atoms with Crippen molar-refractivity contribution < 1.29 is 14.3 Å². The lowest BCUT2D eigenvalue weighted by Crippen LogP contribution is -2.16. The Balaban J connectivity index is 1.62. The zero-order valence-electron chi connectivity index (χ0n) is 12.7. The van der Waals surface area contributed by atoms with Crippen molar-refractivity contribution in [2.75, 3.05) is 0 Å². The van der Waals surface area contributed by atoms with Gasteiger partial charge in [-0.15, -0.1) is 0 Å². The molecule has 2 N–H and O–H groups in total. The van der Waals surface area contributed by atoms with Crippen molar-refractivity contribution in [3.63, 3.8) is 0 Å². The molecule has 2 heterocycles. The van der Waals surface area contributed by atoms with Gasteiger partial charge in [-0.2, -0.15) is 10.2 Å². The number of rotatable bonds is 5. The Labute approximate surface area is 156 Å². The van der Waals surface area contributed by atoms with Crippen molar-refractivity contribution in [1.82, 2.24) is 15.2 Å². The standard InChI is InChI=1S/C16H12BrClN4O3/c17-11-7-20-22(8-11)9-13-2-4-15(25-13)16(24)21-19-6-10-5-12(18)1-3-14(10)23/h1-8,23H,9H2,(H,21,24). The molecule has 1 aromatic carbocycles. The molecule has 0 aliphatic heterocycles. The molecule has 128 valence electrons. The molecule has 0 unspecified atom stereocenters. The Bertz CT molecular complexity index is 935. The first-order valence-corrected chi connectivity index (χ1v) is 8.27. The number of furan rings is 1. The molecule has 0 fully saturated rings. The molecule has 0 bridgehead atoms. The van der Waals surface area contributed by atoms with Gasteiger partial charge in [0.05, 0.1) is 23.4 Å². The summed E-state index contributed by atoms with van der Waals surface area (Å²) in [4.78, 5) is 12.0. The summed E-state index contributed by atoms with van der Waals surface area (Å²) in [5.74, 6) is 0.199. The third-order valence-electron chi connectivity index (χ3n) is 3.16. The summed E-state index contributed by atoms with van der Waals surface area (Å²) in [5.41, 5.74) is 2.71. The Hall–Kier alpha value is -2.58. The number of carbonyl (C=O) groups is 1. The predicted molar refractivity (Wildman–Crippen MR) is 95.9 cm³/mol. The Morgan fingerprint density at radius 1 is 1.44 bits per heavy atom. The molecule has 1 amide bonds. The number of hydrazone groups is 1. The number of hydrogen-bond acceptors (Lipinski definition) is 5. The van der Waals surface area contributed by atoms with E-state index in [4.69, 9.17) is 16.0 Å². The number of hydrogen-bond donors (Lipinski definition) is 2. The fraction of sp³-hybridized carbons (Fsp3) is 0.0625. The summed E-state index contributed by atoms with van der Waals surface area (Å²) in [6.45, 7) is 0.401. The summed E-state index contributed by atoms with van der Waals surface area (Å²) in [7, 11) is 0. The van der Waals surface area contributed by atoms with Crippen LogP contribution in [0, 0.1) is 0 Å². The minimum Gasteiger partial charge on any atom is -0.507 e. The third kappa shape index (κ3) is 4.49. The van der Waals surface area contributed by atoms with Crippen LogP contribution in [-0.2, 0) is 6.54 Å². The van der Waals surface area contributed by atoms with E-state index in [0.717, 1.165) is 4.47 Å². The van der Waals surface area contributed by atoms with Crippen molar-refractivity contribution in [3.05, 3.63) is 69.3 Å². The first-order chi connectivity index (χ1) is 12.0. The van der Waals surface area contributed by atoms with E-state index in [-0.39, 0.29) is 11.5 Å². The number of phenolic OH excluding ortho intramolecular Hbond substituents is 1. The molecule has 0 spiro atoms. The smallest absolute Gasteiger partial charge is 0.307 e. The summed E-state index contributed by atoms with van der Waals surface area (Å²) in [6, 6.07) is 7.76. The van der Waals surface area contributed by atoms with Gasteiger partial charge in [-0.25, -0.2) is 5.43 Å². The van der Waals surface area contributed by atoms with Crippen LogP contribution in [0.15, 0.2) is 56.7 Å². The number of halogens is 2. The second-order valence-corrected chi connectivity index (χ2v) is 6.38. The SMILES string of the molecule is O=C(NN=Cc1cc(Cl)ccc1O)c1ccc(Cn2cc(Br)cn2)o1. The van der Waals surface area contributed by atoms with E-state index in [0.29, 0.717) is 22.9 Å². The average molecular weight is 424 g/mol. The highest BCUT2D eigenvalue weighted by atomic mass is 79.9. The molecule has 0 saturated carbocycles. The monoisotopic (exact) mass is 422 g/mol. The molecule has 0 saturated heterocycles. The summed E-state index contributed by atoms with van der Waals surface area (Å²) in [6.07, 6.45) is 4.75. The van der Waals surface area contributed by atoms with Crippen LogP contribution >= 0.6 is 27.5 Å². The van der Waals surface area contributed by atoms with Crippen LogP contribution < -0.4 is 5.43 Å². The maximum Gasteiger partial charge on any atom is 0.307 e. The minimum absolute atomic E-state index is 0.00747. The number of benzene rings is 1. The van der Waals surface area contributed by atoms with Gasteiger partial charge in [0.1, 0.15) is 11.5 Å².